The van der Waals surface area contributed by atoms with Crippen LogP contribution in [-0.4, -0.2) is 24.1 Å². The Morgan fingerprint density at radius 2 is 0.952 bits per heavy atom. The average molecular weight is 296 g/mol. The summed E-state index contributed by atoms with van der Waals surface area (Å²) < 4.78 is 10.8. The van der Waals surface area contributed by atoms with Crippen LogP contribution in [0.4, 0.5) is 0 Å². The molecule has 0 atom stereocenters. The minimum absolute atomic E-state index is 0.00526. The monoisotopic (exact) mass is 296 g/mol. The van der Waals surface area contributed by atoms with Crippen LogP contribution in [0.25, 0.3) is 0 Å². The molecule has 0 amide bonds. The summed E-state index contributed by atoms with van der Waals surface area (Å²) in [5.41, 5.74) is 0. The second-order valence-electron chi connectivity index (χ2n) is 6.38. The second kappa shape index (κ2) is 9.06. The molecule has 4 nitrogen and oxygen atoms in total. The van der Waals surface area contributed by atoms with Crippen molar-refractivity contribution in [2.24, 2.45) is 0 Å². The number of hydrogen-bond donors (Lipinski definition) is 0. The lowest BCUT2D eigenvalue weighted by molar-refractivity contribution is -0.161. The maximum absolute atomic E-state index is 11.8. The van der Waals surface area contributed by atoms with Crippen molar-refractivity contribution in [3.63, 3.8) is 0 Å². The summed E-state index contributed by atoms with van der Waals surface area (Å²) in [7, 11) is 0. The van der Waals surface area contributed by atoms with E-state index in [1.165, 1.54) is 25.7 Å². The molecule has 2 aliphatic rings. The Kier molecular flexibility index (Phi) is 7.04. The Bertz CT molecular complexity index is 292. The van der Waals surface area contributed by atoms with Gasteiger partial charge in [0.25, 0.3) is 0 Å². The van der Waals surface area contributed by atoms with Crippen LogP contribution in [0.5, 0.6) is 0 Å². The van der Waals surface area contributed by atoms with Gasteiger partial charge in [-0.15, -0.1) is 0 Å². The van der Waals surface area contributed by atoms with Gasteiger partial charge >= 0.3 is 11.9 Å². The van der Waals surface area contributed by atoms with Gasteiger partial charge in [-0.2, -0.15) is 0 Å². The second-order valence-corrected chi connectivity index (χ2v) is 6.38. The summed E-state index contributed by atoms with van der Waals surface area (Å²) >= 11 is 0. The van der Waals surface area contributed by atoms with Crippen molar-refractivity contribution >= 4 is 11.9 Å². The summed E-state index contributed by atoms with van der Waals surface area (Å²) in [4.78, 5) is 23.6. The highest BCUT2D eigenvalue weighted by Crippen LogP contribution is 2.22. The lowest BCUT2D eigenvalue weighted by Gasteiger charge is -2.17. The van der Waals surface area contributed by atoms with Crippen molar-refractivity contribution < 1.29 is 19.1 Å². The minimum Gasteiger partial charge on any atom is -0.462 e. The van der Waals surface area contributed by atoms with Crippen molar-refractivity contribution in [1.82, 2.24) is 0 Å². The average Bonchev–Trinajstić information content (AvgIpc) is 2.83. The fraction of sp³-hybridized carbons (Fsp3) is 0.882. The standard InChI is InChI=1S/C17H28O4/c18-16(20-14-9-5-1-2-6-10-14)13-17(19)21-15-11-7-3-4-8-12-15/h14-15H,1-13H2. The predicted molar refractivity (Wildman–Crippen MR) is 79.8 cm³/mol. The van der Waals surface area contributed by atoms with Gasteiger partial charge in [0.15, 0.2) is 0 Å². The van der Waals surface area contributed by atoms with Crippen molar-refractivity contribution in [2.75, 3.05) is 0 Å². The zero-order valence-electron chi connectivity index (χ0n) is 13.0. The zero-order chi connectivity index (χ0) is 14.9. The summed E-state index contributed by atoms with van der Waals surface area (Å²) in [5, 5.41) is 0. The topological polar surface area (TPSA) is 52.6 Å². The number of rotatable bonds is 4. The van der Waals surface area contributed by atoms with Crippen LogP contribution in [-0.2, 0) is 19.1 Å². The first-order chi connectivity index (χ1) is 10.2. The van der Waals surface area contributed by atoms with Crippen LogP contribution in [0.15, 0.2) is 0 Å². The maximum Gasteiger partial charge on any atom is 0.317 e. The summed E-state index contributed by atoms with van der Waals surface area (Å²) in [5.74, 6) is -0.832. The number of esters is 2. The Balaban J connectivity index is 1.67. The van der Waals surface area contributed by atoms with E-state index in [1.54, 1.807) is 0 Å². The molecule has 0 aliphatic heterocycles. The Morgan fingerprint density at radius 1 is 0.619 bits per heavy atom. The van der Waals surface area contributed by atoms with E-state index >= 15 is 0 Å². The van der Waals surface area contributed by atoms with Crippen LogP contribution in [0.3, 0.4) is 0 Å². The van der Waals surface area contributed by atoms with Gasteiger partial charge in [-0.3, -0.25) is 9.59 Å². The van der Waals surface area contributed by atoms with Crippen LogP contribution < -0.4 is 0 Å². The molecule has 0 spiro atoms. The first-order valence-electron chi connectivity index (χ1n) is 8.63. The fourth-order valence-electron chi connectivity index (χ4n) is 3.29. The molecule has 2 fully saturated rings. The molecule has 0 N–H and O–H groups in total. The fourth-order valence-corrected chi connectivity index (χ4v) is 3.29. The maximum atomic E-state index is 11.8. The SMILES string of the molecule is O=C(CC(=O)OC1CCCCCC1)OC1CCCCCC1. The molecule has 0 heterocycles. The number of carbonyl (C=O) groups excluding carboxylic acids is 2. The highest BCUT2D eigenvalue weighted by molar-refractivity contribution is 5.91. The number of carbonyl (C=O) groups is 2. The molecule has 0 aromatic carbocycles. The van der Waals surface area contributed by atoms with E-state index in [-0.39, 0.29) is 18.6 Å². The van der Waals surface area contributed by atoms with E-state index < -0.39 is 11.9 Å². The largest absolute Gasteiger partial charge is 0.462 e. The van der Waals surface area contributed by atoms with E-state index in [1.807, 2.05) is 0 Å². The molecular formula is C17H28O4. The predicted octanol–water partition coefficient (Wildman–Crippen LogP) is 3.91. The number of hydrogen-bond acceptors (Lipinski definition) is 4. The highest BCUT2D eigenvalue weighted by Gasteiger charge is 2.22. The molecule has 0 radical (unpaired) electrons. The van der Waals surface area contributed by atoms with Gasteiger partial charge in [0.05, 0.1) is 0 Å². The van der Waals surface area contributed by atoms with E-state index in [0.29, 0.717) is 0 Å². The van der Waals surface area contributed by atoms with E-state index in [4.69, 9.17) is 9.47 Å². The molecule has 0 aromatic rings. The summed E-state index contributed by atoms with van der Waals surface area (Å²) in [6.45, 7) is 0. The van der Waals surface area contributed by atoms with E-state index in [0.717, 1.165) is 51.4 Å². The van der Waals surface area contributed by atoms with Gasteiger partial charge in [0.1, 0.15) is 18.6 Å². The zero-order valence-corrected chi connectivity index (χ0v) is 13.0. The van der Waals surface area contributed by atoms with Gasteiger partial charge in [-0.1, -0.05) is 25.7 Å². The summed E-state index contributed by atoms with van der Waals surface area (Å²) in [6, 6.07) is 0. The third kappa shape index (κ3) is 6.49. The highest BCUT2D eigenvalue weighted by atomic mass is 16.6. The van der Waals surface area contributed by atoms with Crippen molar-refractivity contribution in [3.05, 3.63) is 0 Å². The quantitative estimate of drug-likeness (QED) is 0.448. The van der Waals surface area contributed by atoms with Gasteiger partial charge in [0, 0.05) is 0 Å². The summed E-state index contributed by atoms with van der Waals surface area (Å²) in [6.07, 6.45) is 12.9. The molecule has 0 aromatic heterocycles. The molecule has 21 heavy (non-hydrogen) atoms. The van der Waals surface area contributed by atoms with Crippen LogP contribution in [0.1, 0.15) is 83.5 Å². The van der Waals surface area contributed by atoms with Gasteiger partial charge in [0.2, 0.25) is 0 Å². The molecule has 4 heteroatoms. The minimum atomic E-state index is -0.416. The molecule has 2 aliphatic carbocycles. The lowest BCUT2D eigenvalue weighted by Crippen LogP contribution is -2.23. The van der Waals surface area contributed by atoms with E-state index in [9.17, 15) is 9.59 Å². The Labute approximate surface area is 127 Å². The van der Waals surface area contributed by atoms with Crippen molar-refractivity contribution in [1.29, 1.82) is 0 Å². The van der Waals surface area contributed by atoms with Crippen molar-refractivity contribution in [3.8, 4) is 0 Å². The number of ether oxygens (including phenoxy) is 2. The normalized spacial score (nSPS) is 22.1. The smallest absolute Gasteiger partial charge is 0.317 e. The first kappa shape index (κ1) is 16.3. The molecule has 0 saturated heterocycles. The third-order valence-electron chi connectivity index (χ3n) is 4.49. The first-order valence-corrected chi connectivity index (χ1v) is 8.63. The Hall–Kier alpha value is -1.06. The van der Waals surface area contributed by atoms with Crippen molar-refractivity contribution in [2.45, 2.75) is 95.7 Å². The van der Waals surface area contributed by atoms with Crippen LogP contribution >= 0.6 is 0 Å². The van der Waals surface area contributed by atoms with Gasteiger partial charge in [-0.05, 0) is 51.4 Å². The van der Waals surface area contributed by atoms with E-state index in [2.05, 4.69) is 0 Å². The molecule has 0 bridgehead atoms. The van der Waals surface area contributed by atoms with Crippen LogP contribution in [0.2, 0.25) is 0 Å². The Morgan fingerprint density at radius 3 is 1.29 bits per heavy atom. The lowest BCUT2D eigenvalue weighted by atomic mass is 10.1. The molecule has 0 unspecified atom stereocenters. The van der Waals surface area contributed by atoms with Gasteiger partial charge in [-0.25, -0.2) is 0 Å². The van der Waals surface area contributed by atoms with Gasteiger partial charge < -0.3 is 9.47 Å². The molecular weight excluding hydrogens is 268 g/mol. The third-order valence-corrected chi connectivity index (χ3v) is 4.49. The molecule has 120 valence electrons. The van der Waals surface area contributed by atoms with Crippen LogP contribution in [0, 0.1) is 0 Å². The molecule has 2 rings (SSSR count). The molecule has 2 saturated carbocycles.